The van der Waals surface area contributed by atoms with E-state index in [1.807, 2.05) is 26.5 Å². The molecule has 5 heteroatoms. The molecule has 2 aromatic rings. The van der Waals surface area contributed by atoms with E-state index in [0.29, 0.717) is 0 Å². The smallest absolute Gasteiger partial charge is 0.178 e. The minimum absolute atomic E-state index is 0.0669. The van der Waals surface area contributed by atoms with Crippen LogP contribution in [0.25, 0.3) is 12.2 Å². The summed E-state index contributed by atoms with van der Waals surface area (Å²) in [5, 5.41) is 8.03. The summed E-state index contributed by atoms with van der Waals surface area (Å²) >= 11 is 0. The Hall–Kier alpha value is -2.43. The molecule has 0 bridgehead atoms. The number of allylic oxidation sites excluding steroid dienone is 2. The van der Waals surface area contributed by atoms with Gasteiger partial charge in [-0.25, -0.2) is 0 Å². The number of ketones is 1. The van der Waals surface area contributed by atoms with Crippen LogP contribution in [0.3, 0.4) is 0 Å². The van der Waals surface area contributed by atoms with E-state index >= 15 is 0 Å². The third-order valence-electron chi connectivity index (χ3n) is 2.33. The Labute approximate surface area is 105 Å². The van der Waals surface area contributed by atoms with Crippen LogP contribution in [0, 0.1) is 0 Å². The highest BCUT2D eigenvalue weighted by atomic mass is 16.1. The fourth-order valence-electron chi connectivity index (χ4n) is 1.46. The van der Waals surface area contributed by atoms with E-state index in [-0.39, 0.29) is 5.78 Å². The molecular weight excluding hydrogens is 228 g/mol. The van der Waals surface area contributed by atoms with Gasteiger partial charge < -0.3 is 0 Å². The summed E-state index contributed by atoms with van der Waals surface area (Å²) in [6.07, 6.45) is 13.6. The Morgan fingerprint density at radius 3 is 1.78 bits per heavy atom. The molecule has 0 atom stereocenters. The third-order valence-corrected chi connectivity index (χ3v) is 2.33. The van der Waals surface area contributed by atoms with Crippen molar-refractivity contribution in [2.45, 2.75) is 0 Å². The first-order chi connectivity index (χ1) is 8.63. The summed E-state index contributed by atoms with van der Waals surface area (Å²) < 4.78 is 3.38. The molecule has 5 nitrogen and oxygen atoms in total. The standard InChI is InChI=1S/C13H14N4O/c1-16-9-11(7-14-16)3-5-13(18)6-4-12-8-15-17(2)10-12/h3-10H,1-2H3/b5-3+,6-4+. The summed E-state index contributed by atoms with van der Waals surface area (Å²) in [5.41, 5.74) is 1.81. The first kappa shape index (κ1) is 12.0. The Bertz CT molecular complexity index is 552. The van der Waals surface area contributed by atoms with Gasteiger partial charge in [-0.3, -0.25) is 14.2 Å². The number of hydrogen-bond donors (Lipinski definition) is 0. The Balaban J connectivity index is 1.96. The Kier molecular flexibility index (Phi) is 3.52. The summed E-state index contributed by atoms with van der Waals surface area (Å²) in [6.45, 7) is 0. The van der Waals surface area contributed by atoms with Crippen LogP contribution in [-0.2, 0) is 18.9 Å². The van der Waals surface area contributed by atoms with E-state index in [1.54, 1.807) is 33.9 Å². The SMILES string of the molecule is Cn1cc(/C=C/C(=O)/C=C/c2cnn(C)c2)cn1. The average Bonchev–Trinajstić information content (AvgIpc) is 2.93. The van der Waals surface area contributed by atoms with Gasteiger partial charge in [0.15, 0.2) is 5.78 Å². The summed E-state index contributed by atoms with van der Waals surface area (Å²) in [4.78, 5) is 11.6. The Morgan fingerprint density at radius 2 is 1.44 bits per heavy atom. The molecule has 0 N–H and O–H groups in total. The highest BCUT2D eigenvalue weighted by Gasteiger charge is 1.94. The van der Waals surface area contributed by atoms with Crippen LogP contribution in [-0.4, -0.2) is 25.3 Å². The number of hydrogen-bond acceptors (Lipinski definition) is 3. The second-order valence-electron chi connectivity index (χ2n) is 3.96. The van der Waals surface area contributed by atoms with Gasteiger partial charge >= 0.3 is 0 Å². The first-order valence-electron chi connectivity index (χ1n) is 5.51. The van der Waals surface area contributed by atoms with E-state index in [0.717, 1.165) is 11.1 Å². The molecule has 0 aromatic carbocycles. The zero-order valence-corrected chi connectivity index (χ0v) is 10.3. The second kappa shape index (κ2) is 5.27. The quantitative estimate of drug-likeness (QED) is 0.762. The van der Waals surface area contributed by atoms with Crippen LogP contribution < -0.4 is 0 Å². The molecule has 0 saturated carbocycles. The number of carbonyl (C=O) groups excluding carboxylic acids is 1. The highest BCUT2D eigenvalue weighted by molar-refractivity contribution is 6.04. The zero-order chi connectivity index (χ0) is 13.0. The third kappa shape index (κ3) is 3.28. The molecule has 2 heterocycles. The minimum atomic E-state index is -0.0669. The predicted octanol–water partition coefficient (Wildman–Crippen LogP) is 1.45. The van der Waals surface area contributed by atoms with Crippen molar-refractivity contribution in [3.05, 3.63) is 48.1 Å². The molecule has 0 saturated heterocycles. The molecule has 2 rings (SSSR count). The molecule has 0 fully saturated rings. The number of aryl methyl sites for hydroxylation is 2. The van der Waals surface area contributed by atoms with Crippen molar-refractivity contribution in [1.29, 1.82) is 0 Å². The summed E-state index contributed by atoms with van der Waals surface area (Å²) in [6, 6.07) is 0. The molecule has 0 aliphatic rings. The van der Waals surface area contributed by atoms with Gasteiger partial charge in [0.25, 0.3) is 0 Å². The van der Waals surface area contributed by atoms with E-state index in [9.17, 15) is 4.79 Å². The van der Waals surface area contributed by atoms with Crippen LogP contribution in [0.2, 0.25) is 0 Å². The van der Waals surface area contributed by atoms with Crippen molar-refractivity contribution in [2.24, 2.45) is 14.1 Å². The first-order valence-corrected chi connectivity index (χ1v) is 5.51. The van der Waals surface area contributed by atoms with Crippen LogP contribution in [0.15, 0.2) is 36.9 Å². The molecule has 0 radical (unpaired) electrons. The fraction of sp³-hybridized carbons (Fsp3) is 0.154. The molecular formula is C13H14N4O. The maximum absolute atomic E-state index is 11.6. The summed E-state index contributed by atoms with van der Waals surface area (Å²) in [7, 11) is 3.67. The summed E-state index contributed by atoms with van der Waals surface area (Å²) in [5.74, 6) is -0.0669. The van der Waals surface area contributed by atoms with Crippen molar-refractivity contribution in [1.82, 2.24) is 19.6 Å². The molecule has 0 aliphatic carbocycles. The number of rotatable bonds is 4. The van der Waals surface area contributed by atoms with Crippen molar-refractivity contribution in [3.8, 4) is 0 Å². The van der Waals surface area contributed by atoms with Crippen LogP contribution >= 0.6 is 0 Å². The lowest BCUT2D eigenvalue weighted by molar-refractivity contribution is -0.110. The lowest BCUT2D eigenvalue weighted by Gasteiger charge is -1.85. The van der Waals surface area contributed by atoms with Gasteiger partial charge in [-0.15, -0.1) is 0 Å². The van der Waals surface area contributed by atoms with E-state index in [4.69, 9.17) is 0 Å². The number of aromatic nitrogens is 4. The molecule has 92 valence electrons. The number of carbonyl (C=O) groups is 1. The monoisotopic (exact) mass is 242 g/mol. The van der Waals surface area contributed by atoms with Crippen LogP contribution in [0.4, 0.5) is 0 Å². The van der Waals surface area contributed by atoms with Gasteiger partial charge in [0.2, 0.25) is 0 Å². The van der Waals surface area contributed by atoms with Gasteiger partial charge in [0, 0.05) is 37.6 Å². The molecule has 18 heavy (non-hydrogen) atoms. The second-order valence-corrected chi connectivity index (χ2v) is 3.96. The lowest BCUT2D eigenvalue weighted by atomic mass is 10.2. The van der Waals surface area contributed by atoms with E-state index in [2.05, 4.69) is 10.2 Å². The average molecular weight is 242 g/mol. The Morgan fingerprint density at radius 1 is 1.00 bits per heavy atom. The number of nitrogens with zero attached hydrogens (tertiary/aromatic N) is 4. The van der Waals surface area contributed by atoms with Gasteiger partial charge in [-0.1, -0.05) is 0 Å². The maximum atomic E-state index is 11.6. The van der Waals surface area contributed by atoms with Crippen molar-refractivity contribution in [3.63, 3.8) is 0 Å². The lowest BCUT2D eigenvalue weighted by Crippen LogP contribution is -1.85. The molecule has 0 aliphatic heterocycles. The largest absolute Gasteiger partial charge is 0.290 e. The zero-order valence-electron chi connectivity index (χ0n) is 10.3. The fourth-order valence-corrected chi connectivity index (χ4v) is 1.46. The minimum Gasteiger partial charge on any atom is -0.290 e. The van der Waals surface area contributed by atoms with E-state index < -0.39 is 0 Å². The van der Waals surface area contributed by atoms with Gasteiger partial charge in [-0.05, 0) is 24.3 Å². The van der Waals surface area contributed by atoms with Gasteiger partial charge in [0.1, 0.15) is 0 Å². The van der Waals surface area contributed by atoms with Crippen LogP contribution in [0.5, 0.6) is 0 Å². The van der Waals surface area contributed by atoms with Crippen LogP contribution in [0.1, 0.15) is 11.1 Å². The van der Waals surface area contributed by atoms with Gasteiger partial charge in [0.05, 0.1) is 12.4 Å². The molecule has 2 aromatic heterocycles. The van der Waals surface area contributed by atoms with Crippen molar-refractivity contribution < 1.29 is 4.79 Å². The van der Waals surface area contributed by atoms with Gasteiger partial charge in [-0.2, -0.15) is 10.2 Å². The van der Waals surface area contributed by atoms with E-state index in [1.165, 1.54) is 12.2 Å². The molecule has 0 spiro atoms. The predicted molar refractivity (Wildman–Crippen MR) is 69.5 cm³/mol. The molecule has 0 unspecified atom stereocenters. The normalized spacial score (nSPS) is 11.7. The molecule has 0 amide bonds. The maximum Gasteiger partial charge on any atom is 0.178 e. The van der Waals surface area contributed by atoms with Crippen molar-refractivity contribution in [2.75, 3.05) is 0 Å². The topological polar surface area (TPSA) is 52.7 Å². The van der Waals surface area contributed by atoms with Crippen molar-refractivity contribution >= 4 is 17.9 Å². The highest BCUT2D eigenvalue weighted by Crippen LogP contribution is 2.02.